The molecule has 9 heteroatoms. The van der Waals surface area contributed by atoms with Crippen LogP contribution in [-0.2, 0) is 14.3 Å². The zero-order valence-corrected chi connectivity index (χ0v) is 11.4. The van der Waals surface area contributed by atoms with Crippen LogP contribution in [0.2, 0.25) is 0 Å². The van der Waals surface area contributed by atoms with Gasteiger partial charge in [-0.15, -0.1) is 0 Å². The van der Waals surface area contributed by atoms with Crippen molar-refractivity contribution in [1.29, 1.82) is 0 Å². The van der Waals surface area contributed by atoms with Gasteiger partial charge >= 0.3 is 12.0 Å². The molecule has 2 aliphatic rings. The zero-order valence-electron chi connectivity index (χ0n) is 11.4. The summed E-state index contributed by atoms with van der Waals surface area (Å²) in [6, 6.07) is -2.72. The third kappa shape index (κ3) is 4.05. The first-order valence-electron chi connectivity index (χ1n) is 6.82. The fourth-order valence-corrected chi connectivity index (χ4v) is 2.01. The van der Waals surface area contributed by atoms with Crippen LogP contribution in [0.25, 0.3) is 0 Å². The van der Waals surface area contributed by atoms with Crippen molar-refractivity contribution < 1.29 is 29.3 Å². The lowest BCUT2D eigenvalue weighted by molar-refractivity contribution is -0.140. The highest BCUT2D eigenvalue weighted by molar-refractivity contribution is 5.89. The Morgan fingerprint density at radius 1 is 1.33 bits per heavy atom. The summed E-state index contributed by atoms with van der Waals surface area (Å²) < 4.78 is 5.22. The van der Waals surface area contributed by atoms with Crippen LogP contribution in [0.5, 0.6) is 0 Å². The Morgan fingerprint density at radius 2 is 2.05 bits per heavy atom. The zero-order chi connectivity index (χ0) is 15.4. The number of aliphatic carboxylic acids is 1. The molecule has 2 atom stereocenters. The average molecular weight is 301 g/mol. The maximum absolute atomic E-state index is 12.1. The van der Waals surface area contributed by atoms with Crippen LogP contribution in [0.4, 0.5) is 4.79 Å². The summed E-state index contributed by atoms with van der Waals surface area (Å²) in [6.07, 6.45) is 1.86. The van der Waals surface area contributed by atoms with Gasteiger partial charge in [0.05, 0.1) is 19.8 Å². The topological polar surface area (TPSA) is 128 Å². The third-order valence-corrected chi connectivity index (χ3v) is 3.39. The van der Waals surface area contributed by atoms with Crippen molar-refractivity contribution >= 4 is 17.9 Å². The molecular formula is C12H19N3O6. The van der Waals surface area contributed by atoms with Crippen molar-refractivity contribution in [2.45, 2.75) is 31.0 Å². The van der Waals surface area contributed by atoms with Gasteiger partial charge < -0.3 is 30.5 Å². The van der Waals surface area contributed by atoms with Crippen molar-refractivity contribution in [3.8, 4) is 0 Å². The standard InChI is InChI=1S/C12H19N3O6/c16-5-8(11(18)19)14-12(20)15-3-4-21-6-9(15)10(17)13-7-1-2-7/h7-9,16H,1-6H2,(H,13,17)(H,14,20)(H,18,19)/t8-,9?/m0/s1. The van der Waals surface area contributed by atoms with Gasteiger partial charge in [-0.2, -0.15) is 0 Å². The highest BCUT2D eigenvalue weighted by atomic mass is 16.5. The van der Waals surface area contributed by atoms with Gasteiger partial charge in [0, 0.05) is 12.6 Å². The van der Waals surface area contributed by atoms with E-state index in [1.165, 1.54) is 4.90 Å². The van der Waals surface area contributed by atoms with Gasteiger partial charge in [0.15, 0.2) is 6.04 Å². The normalized spacial score (nSPS) is 23.3. The van der Waals surface area contributed by atoms with Gasteiger partial charge in [-0.25, -0.2) is 9.59 Å². The SMILES string of the molecule is O=C(NC1CC1)C1COCCN1C(=O)N[C@@H](CO)C(=O)O. The monoisotopic (exact) mass is 301 g/mol. The Balaban J connectivity index is 1.97. The van der Waals surface area contributed by atoms with Crippen LogP contribution >= 0.6 is 0 Å². The molecule has 1 aliphatic carbocycles. The predicted molar refractivity (Wildman–Crippen MR) is 69.5 cm³/mol. The minimum atomic E-state index is -1.40. The fourth-order valence-electron chi connectivity index (χ4n) is 2.01. The number of morpholine rings is 1. The molecule has 1 unspecified atom stereocenters. The molecule has 0 aromatic carbocycles. The van der Waals surface area contributed by atoms with E-state index in [1.807, 2.05) is 0 Å². The minimum absolute atomic E-state index is 0.0723. The molecule has 2 fully saturated rings. The number of urea groups is 1. The summed E-state index contributed by atoms with van der Waals surface area (Å²) in [7, 11) is 0. The number of carboxylic acids is 1. The summed E-state index contributed by atoms with van der Waals surface area (Å²) in [5.74, 6) is -1.64. The highest BCUT2D eigenvalue weighted by Gasteiger charge is 2.36. The second-order valence-electron chi connectivity index (χ2n) is 5.09. The Bertz CT molecular complexity index is 425. The summed E-state index contributed by atoms with van der Waals surface area (Å²) in [5, 5.41) is 22.7. The minimum Gasteiger partial charge on any atom is -0.480 e. The van der Waals surface area contributed by atoms with Crippen molar-refractivity contribution in [3.63, 3.8) is 0 Å². The van der Waals surface area contributed by atoms with E-state index in [-0.39, 0.29) is 31.7 Å². The molecular weight excluding hydrogens is 282 g/mol. The van der Waals surface area contributed by atoms with E-state index in [0.29, 0.717) is 0 Å². The van der Waals surface area contributed by atoms with E-state index in [4.69, 9.17) is 14.9 Å². The fraction of sp³-hybridized carbons (Fsp3) is 0.750. The van der Waals surface area contributed by atoms with E-state index >= 15 is 0 Å². The van der Waals surface area contributed by atoms with Crippen molar-refractivity contribution in [2.24, 2.45) is 0 Å². The Kier molecular flexibility index (Phi) is 4.97. The lowest BCUT2D eigenvalue weighted by atomic mass is 10.2. The third-order valence-electron chi connectivity index (χ3n) is 3.39. The molecule has 21 heavy (non-hydrogen) atoms. The number of carbonyl (C=O) groups excluding carboxylic acids is 2. The highest BCUT2D eigenvalue weighted by Crippen LogP contribution is 2.19. The molecule has 1 saturated heterocycles. The number of amides is 3. The van der Waals surface area contributed by atoms with Gasteiger partial charge in [0.25, 0.3) is 0 Å². The molecule has 1 saturated carbocycles. The quantitative estimate of drug-likeness (QED) is 0.470. The lowest BCUT2D eigenvalue weighted by Crippen LogP contribution is -2.60. The smallest absolute Gasteiger partial charge is 0.328 e. The van der Waals surface area contributed by atoms with Gasteiger partial charge in [0.1, 0.15) is 6.04 Å². The van der Waals surface area contributed by atoms with Gasteiger partial charge in [-0.1, -0.05) is 0 Å². The molecule has 4 N–H and O–H groups in total. The second-order valence-corrected chi connectivity index (χ2v) is 5.09. The molecule has 0 aromatic rings. The van der Waals surface area contributed by atoms with E-state index in [9.17, 15) is 14.4 Å². The van der Waals surface area contributed by atoms with Crippen LogP contribution in [0, 0.1) is 0 Å². The van der Waals surface area contributed by atoms with Gasteiger partial charge in [0.2, 0.25) is 5.91 Å². The molecule has 0 bridgehead atoms. The summed E-state index contributed by atoms with van der Waals surface area (Å²) in [6.45, 7) is -0.183. The van der Waals surface area contributed by atoms with Crippen LogP contribution in [0.1, 0.15) is 12.8 Å². The van der Waals surface area contributed by atoms with E-state index in [0.717, 1.165) is 12.8 Å². The maximum Gasteiger partial charge on any atom is 0.328 e. The van der Waals surface area contributed by atoms with Gasteiger partial charge in [-0.3, -0.25) is 4.79 Å². The predicted octanol–water partition coefficient (Wildman–Crippen LogP) is -1.88. The number of aliphatic hydroxyl groups excluding tert-OH is 1. The molecule has 0 aromatic heterocycles. The molecule has 3 amide bonds. The largest absolute Gasteiger partial charge is 0.480 e. The first-order chi connectivity index (χ1) is 10.0. The maximum atomic E-state index is 12.1. The van der Waals surface area contributed by atoms with E-state index < -0.39 is 30.7 Å². The van der Waals surface area contributed by atoms with E-state index in [2.05, 4.69) is 10.6 Å². The van der Waals surface area contributed by atoms with Crippen LogP contribution < -0.4 is 10.6 Å². The molecule has 118 valence electrons. The summed E-state index contributed by atoms with van der Waals surface area (Å²) >= 11 is 0. The molecule has 1 aliphatic heterocycles. The number of aliphatic hydroxyl groups is 1. The molecule has 0 radical (unpaired) electrons. The molecule has 9 nitrogen and oxygen atoms in total. The summed E-state index contributed by atoms with van der Waals surface area (Å²) in [4.78, 5) is 36.2. The molecule has 1 heterocycles. The van der Waals surface area contributed by atoms with Gasteiger partial charge in [-0.05, 0) is 12.8 Å². The average Bonchev–Trinajstić information content (AvgIpc) is 3.28. The van der Waals surface area contributed by atoms with Crippen LogP contribution in [0.15, 0.2) is 0 Å². The lowest BCUT2D eigenvalue weighted by Gasteiger charge is -2.35. The number of hydrogen-bond donors (Lipinski definition) is 4. The number of rotatable bonds is 5. The Labute approximate surface area is 121 Å². The number of nitrogens with zero attached hydrogens (tertiary/aromatic N) is 1. The second kappa shape index (κ2) is 6.72. The first-order valence-corrected chi connectivity index (χ1v) is 6.82. The number of carboxylic acid groups (broad SMARTS) is 1. The van der Waals surface area contributed by atoms with Crippen molar-refractivity contribution in [1.82, 2.24) is 15.5 Å². The van der Waals surface area contributed by atoms with Crippen LogP contribution in [-0.4, -0.2) is 77.5 Å². The van der Waals surface area contributed by atoms with Crippen LogP contribution in [0.3, 0.4) is 0 Å². The summed E-state index contributed by atoms with van der Waals surface area (Å²) in [5.41, 5.74) is 0. The molecule has 0 spiro atoms. The Hall–Kier alpha value is -1.87. The van der Waals surface area contributed by atoms with E-state index in [1.54, 1.807) is 0 Å². The first kappa shape index (κ1) is 15.5. The number of ether oxygens (including phenoxy) is 1. The number of nitrogens with one attached hydrogen (secondary N) is 2. The number of hydrogen-bond acceptors (Lipinski definition) is 5. The Morgan fingerprint density at radius 3 is 2.62 bits per heavy atom. The van der Waals surface area contributed by atoms with Crippen molar-refractivity contribution in [2.75, 3.05) is 26.4 Å². The van der Waals surface area contributed by atoms with Crippen molar-refractivity contribution in [3.05, 3.63) is 0 Å². The number of carbonyl (C=O) groups is 3. The molecule has 2 rings (SSSR count).